The highest BCUT2D eigenvalue weighted by molar-refractivity contribution is 7.14. The van der Waals surface area contributed by atoms with E-state index in [0.717, 1.165) is 10.5 Å². The van der Waals surface area contributed by atoms with Crippen molar-refractivity contribution < 1.29 is 18.3 Å². The van der Waals surface area contributed by atoms with E-state index in [1.165, 1.54) is 11.3 Å². The topological polar surface area (TPSA) is 59.5 Å². The molecule has 6 nitrogen and oxygen atoms in total. The molecule has 1 aromatic carbocycles. The van der Waals surface area contributed by atoms with Crippen molar-refractivity contribution in [1.29, 1.82) is 0 Å². The highest BCUT2D eigenvalue weighted by Gasteiger charge is 2.43. The molecule has 0 aliphatic carbocycles. The predicted molar refractivity (Wildman–Crippen MR) is 134 cm³/mol. The molecule has 1 atom stereocenters. The fraction of sp³-hybridized carbons (Fsp3) is 0.500. The van der Waals surface area contributed by atoms with E-state index in [-0.39, 0.29) is 37.8 Å². The number of likely N-dealkylation sites (N-methyl/N-ethyl adjacent to an activating group) is 1. The van der Waals surface area contributed by atoms with Gasteiger partial charge in [0, 0.05) is 35.3 Å². The van der Waals surface area contributed by atoms with E-state index < -0.39 is 5.92 Å². The number of nitrogens with zero attached hydrogens (tertiary/aromatic N) is 3. The first-order valence-corrected chi connectivity index (χ1v) is 12.5. The van der Waals surface area contributed by atoms with Crippen LogP contribution < -0.4 is 14.8 Å². The van der Waals surface area contributed by atoms with Gasteiger partial charge in [-0.05, 0) is 46.9 Å². The Hall–Kier alpha value is -2.23. The van der Waals surface area contributed by atoms with Gasteiger partial charge in [0.15, 0.2) is 5.13 Å². The quantitative estimate of drug-likeness (QED) is 0.381. The number of halogens is 3. The van der Waals surface area contributed by atoms with Gasteiger partial charge < -0.3 is 14.8 Å². The predicted octanol–water partition coefficient (Wildman–Crippen LogP) is 6.34. The molecule has 2 aromatic heterocycles. The van der Waals surface area contributed by atoms with Crippen molar-refractivity contribution in [2.45, 2.75) is 58.2 Å². The van der Waals surface area contributed by atoms with Crippen molar-refractivity contribution in [3.05, 3.63) is 28.6 Å². The number of hydrogen-bond acceptors (Lipinski definition) is 7. The Labute approximate surface area is 207 Å². The summed E-state index contributed by atoms with van der Waals surface area (Å²) in [6.07, 6.45) is -0.290. The van der Waals surface area contributed by atoms with Gasteiger partial charge in [-0.15, -0.1) is 11.3 Å². The minimum atomic E-state index is -2.70. The van der Waals surface area contributed by atoms with Gasteiger partial charge in [-0.2, -0.15) is 0 Å². The van der Waals surface area contributed by atoms with Crippen molar-refractivity contribution in [3.8, 4) is 22.9 Å². The zero-order chi connectivity index (χ0) is 24.6. The van der Waals surface area contributed by atoms with Crippen LogP contribution in [0.3, 0.4) is 0 Å². The fourth-order valence-electron chi connectivity index (χ4n) is 3.94. The molecule has 3 aromatic rings. The number of likely N-dealkylation sites (tertiary alicyclic amines) is 1. The minimum Gasteiger partial charge on any atom is -0.490 e. The molecule has 0 amide bonds. The Morgan fingerprint density at radius 2 is 1.97 bits per heavy atom. The summed E-state index contributed by atoms with van der Waals surface area (Å²) >= 11 is 8.23. The number of alkyl halides is 2. The molecule has 3 heterocycles. The standard InChI is InChI=1S/C24H29ClF2N4O2S/c1-13(2)28-23-30-18(11-34-23)17-8-20(33-14(3)4)16-6-7-19(21(25)22(16)29-17)32-10-15-9-24(26,27)12-31(15)5/h6-8,11,13-15H,9-10,12H2,1-5H3,(H,28,30)/t15-/m0/s1. The molecule has 1 aliphatic heterocycles. The molecular weight excluding hydrogens is 482 g/mol. The van der Waals surface area contributed by atoms with Crippen LogP contribution in [-0.2, 0) is 0 Å². The molecule has 0 radical (unpaired) electrons. The maximum absolute atomic E-state index is 13.7. The third-order valence-corrected chi connectivity index (χ3v) is 6.60. The van der Waals surface area contributed by atoms with Gasteiger partial charge in [-0.1, -0.05) is 11.6 Å². The largest absolute Gasteiger partial charge is 0.490 e. The molecule has 34 heavy (non-hydrogen) atoms. The highest BCUT2D eigenvalue weighted by Crippen LogP contribution is 2.39. The number of anilines is 1. The van der Waals surface area contributed by atoms with Gasteiger partial charge in [0.2, 0.25) is 0 Å². The van der Waals surface area contributed by atoms with E-state index in [0.29, 0.717) is 33.4 Å². The number of ether oxygens (including phenoxy) is 2. The van der Waals surface area contributed by atoms with Gasteiger partial charge in [-0.25, -0.2) is 18.7 Å². The number of benzene rings is 1. The lowest BCUT2D eigenvalue weighted by Gasteiger charge is -2.20. The van der Waals surface area contributed by atoms with Gasteiger partial charge in [0.1, 0.15) is 28.8 Å². The Balaban J connectivity index is 1.68. The lowest BCUT2D eigenvalue weighted by Crippen LogP contribution is -2.30. The Bertz CT molecular complexity index is 1170. The third kappa shape index (κ3) is 5.53. The van der Waals surface area contributed by atoms with E-state index in [4.69, 9.17) is 26.1 Å². The van der Waals surface area contributed by atoms with Crippen LogP contribution in [0.4, 0.5) is 13.9 Å². The van der Waals surface area contributed by atoms with E-state index in [1.54, 1.807) is 18.0 Å². The zero-order valence-corrected chi connectivity index (χ0v) is 21.4. The molecule has 1 N–H and O–H groups in total. The van der Waals surface area contributed by atoms with Crippen LogP contribution in [0.2, 0.25) is 5.02 Å². The summed E-state index contributed by atoms with van der Waals surface area (Å²) < 4.78 is 39.4. The summed E-state index contributed by atoms with van der Waals surface area (Å²) in [6.45, 7) is 7.85. The lowest BCUT2D eigenvalue weighted by atomic mass is 10.1. The number of fused-ring (bicyclic) bond motifs is 1. The van der Waals surface area contributed by atoms with Gasteiger partial charge in [0.05, 0.1) is 23.9 Å². The summed E-state index contributed by atoms with van der Waals surface area (Å²) in [6, 6.07) is 5.31. The SMILES string of the molecule is CC(C)Nc1nc(-c2cc(OC(C)C)c3ccc(OC[C@@H]4CC(F)(F)CN4C)c(Cl)c3n2)cs1. The van der Waals surface area contributed by atoms with E-state index in [2.05, 4.69) is 24.1 Å². The smallest absolute Gasteiger partial charge is 0.262 e. The van der Waals surface area contributed by atoms with Crippen LogP contribution in [0, 0.1) is 0 Å². The molecule has 0 saturated carbocycles. The van der Waals surface area contributed by atoms with Crippen LogP contribution in [0.1, 0.15) is 34.1 Å². The second kappa shape index (κ2) is 9.79. The molecule has 1 aliphatic rings. The summed E-state index contributed by atoms with van der Waals surface area (Å²) in [4.78, 5) is 11.0. The summed E-state index contributed by atoms with van der Waals surface area (Å²) in [7, 11) is 1.68. The van der Waals surface area contributed by atoms with Crippen molar-refractivity contribution in [3.63, 3.8) is 0 Å². The summed E-state index contributed by atoms with van der Waals surface area (Å²) in [5.41, 5.74) is 1.86. The van der Waals surface area contributed by atoms with Crippen molar-refractivity contribution in [2.75, 3.05) is 25.5 Å². The number of rotatable bonds is 8. The molecule has 0 unspecified atom stereocenters. The number of nitrogens with one attached hydrogen (secondary N) is 1. The minimum absolute atomic E-state index is 0.0543. The second-order valence-corrected chi connectivity index (χ2v) is 10.5. The first-order chi connectivity index (χ1) is 16.0. The van der Waals surface area contributed by atoms with Crippen molar-refractivity contribution in [2.24, 2.45) is 0 Å². The normalized spacial score (nSPS) is 18.2. The first-order valence-electron chi connectivity index (χ1n) is 11.3. The van der Waals surface area contributed by atoms with E-state index >= 15 is 0 Å². The number of hydrogen-bond donors (Lipinski definition) is 1. The van der Waals surface area contributed by atoms with Gasteiger partial charge in [0.25, 0.3) is 5.92 Å². The first kappa shape index (κ1) is 24.9. The van der Waals surface area contributed by atoms with E-state index in [9.17, 15) is 8.78 Å². The average molecular weight is 511 g/mol. The molecule has 1 saturated heterocycles. The Kier molecular flexibility index (Phi) is 7.17. The van der Waals surface area contributed by atoms with Crippen molar-refractivity contribution >= 4 is 39.0 Å². The fourth-order valence-corrected chi connectivity index (χ4v) is 5.05. The lowest BCUT2D eigenvalue weighted by molar-refractivity contribution is 0.0137. The Morgan fingerprint density at radius 1 is 1.21 bits per heavy atom. The molecule has 10 heteroatoms. The molecule has 0 spiro atoms. The van der Waals surface area contributed by atoms with Gasteiger partial charge >= 0.3 is 0 Å². The molecule has 184 valence electrons. The maximum Gasteiger partial charge on any atom is 0.262 e. The monoisotopic (exact) mass is 510 g/mol. The molecule has 0 bridgehead atoms. The van der Waals surface area contributed by atoms with Crippen LogP contribution in [0.15, 0.2) is 23.6 Å². The molecule has 1 fully saturated rings. The van der Waals surface area contributed by atoms with Crippen LogP contribution in [0.25, 0.3) is 22.3 Å². The average Bonchev–Trinajstić information content (AvgIpc) is 3.29. The van der Waals surface area contributed by atoms with Crippen LogP contribution in [0.5, 0.6) is 11.5 Å². The van der Waals surface area contributed by atoms with Gasteiger partial charge in [-0.3, -0.25) is 4.90 Å². The zero-order valence-electron chi connectivity index (χ0n) is 19.9. The van der Waals surface area contributed by atoms with Crippen LogP contribution >= 0.6 is 22.9 Å². The van der Waals surface area contributed by atoms with Crippen molar-refractivity contribution in [1.82, 2.24) is 14.9 Å². The summed E-state index contributed by atoms with van der Waals surface area (Å²) in [5, 5.41) is 7.10. The third-order valence-electron chi connectivity index (χ3n) is 5.46. The number of aromatic nitrogens is 2. The second-order valence-electron chi connectivity index (χ2n) is 9.22. The van der Waals surface area contributed by atoms with E-state index in [1.807, 2.05) is 31.4 Å². The maximum atomic E-state index is 13.7. The molecular formula is C24H29ClF2N4O2S. The summed E-state index contributed by atoms with van der Waals surface area (Å²) in [5.74, 6) is -1.66. The Morgan fingerprint density at radius 3 is 2.62 bits per heavy atom. The van der Waals surface area contributed by atoms with Crippen LogP contribution in [-0.4, -0.2) is 59.2 Å². The highest BCUT2D eigenvalue weighted by atomic mass is 35.5. The molecule has 4 rings (SSSR count). The number of pyridine rings is 1. The number of thiazole rings is 1.